The fourth-order valence-electron chi connectivity index (χ4n) is 5.91. The number of amides is 3. The van der Waals surface area contributed by atoms with Crippen molar-refractivity contribution < 1.29 is 43.2 Å². The highest BCUT2D eigenvalue weighted by Crippen LogP contribution is 2.08. The van der Waals surface area contributed by atoms with Gasteiger partial charge in [0.1, 0.15) is 24.7 Å². The van der Waals surface area contributed by atoms with Gasteiger partial charge in [-0.2, -0.15) is 0 Å². The van der Waals surface area contributed by atoms with Crippen LogP contribution < -0.4 is 16.0 Å². The number of carboxylic acid groups (broad SMARTS) is 1. The minimum absolute atomic E-state index is 0.0220. The summed E-state index contributed by atoms with van der Waals surface area (Å²) in [6.07, 6.45) is 3.46. The number of benzene rings is 4. The van der Waals surface area contributed by atoms with Crippen LogP contribution in [0.2, 0.25) is 0 Å². The van der Waals surface area contributed by atoms with Gasteiger partial charge in [0, 0.05) is 36.0 Å². The third kappa shape index (κ3) is 17.3. The maximum atomic E-state index is 13.9. The third-order valence-electron chi connectivity index (χ3n) is 8.96. The fourth-order valence-corrected chi connectivity index (χ4v) is 5.91. The first-order chi connectivity index (χ1) is 28.5. The second-order valence-corrected chi connectivity index (χ2v) is 13.7. The molecule has 0 radical (unpaired) electrons. The molecule has 4 N–H and O–H groups in total. The number of hydroxylamine groups is 3. The SMILES string of the molecule is O=C(N[C@@H](CCC/[N+]([O-])=C/c1ccccc1)C(=O)N[C@@H](CCC/[N+]([O-])=C/c1ccccc1)C(=O)N[C@@H](CCC/[N+]([O-])=C/c1ccccc1)C(=O)O)OCc1ccccc1. The zero-order valence-electron chi connectivity index (χ0n) is 32.6. The molecule has 0 aliphatic carbocycles. The van der Waals surface area contributed by atoms with Crippen molar-refractivity contribution >= 4 is 42.5 Å². The van der Waals surface area contributed by atoms with E-state index in [4.69, 9.17) is 4.74 Å². The lowest BCUT2D eigenvalue weighted by molar-refractivity contribution is -0.453. The van der Waals surface area contributed by atoms with Gasteiger partial charge in [0.2, 0.25) is 11.8 Å². The van der Waals surface area contributed by atoms with Gasteiger partial charge in [-0.25, -0.2) is 23.8 Å². The number of hydrogen-bond donors (Lipinski definition) is 4. The predicted molar refractivity (Wildman–Crippen MR) is 223 cm³/mol. The van der Waals surface area contributed by atoms with Crippen molar-refractivity contribution in [1.82, 2.24) is 16.0 Å². The van der Waals surface area contributed by atoms with E-state index in [-0.39, 0.29) is 64.8 Å². The molecular weight excluding hydrogens is 757 g/mol. The number of ether oxygens (including phenoxy) is 1. The lowest BCUT2D eigenvalue weighted by atomic mass is 10.1. The number of hydrogen-bond acceptors (Lipinski definition) is 8. The van der Waals surface area contributed by atoms with Crippen molar-refractivity contribution in [3.05, 3.63) is 159 Å². The van der Waals surface area contributed by atoms with Crippen molar-refractivity contribution in [2.24, 2.45) is 0 Å². The first-order valence-corrected chi connectivity index (χ1v) is 19.4. The second kappa shape index (κ2) is 24.6. The van der Waals surface area contributed by atoms with Crippen LogP contribution in [0.3, 0.4) is 0 Å². The Morgan fingerprint density at radius 1 is 0.525 bits per heavy atom. The molecule has 59 heavy (non-hydrogen) atoms. The van der Waals surface area contributed by atoms with Gasteiger partial charge in [-0.05, 0) is 61.2 Å². The molecule has 0 bridgehead atoms. The summed E-state index contributed by atoms with van der Waals surface area (Å²) >= 11 is 0. The van der Waals surface area contributed by atoms with Crippen molar-refractivity contribution in [1.29, 1.82) is 0 Å². The first-order valence-electron chi connectivity index (χ1n) is 19.4. The van der Waals surface area contributed by atoms with Crippen LogP contribution in [0.25, 0.3) is 0 Å². The highest BCUT2D eigenvalue weighted by molar-refractivity contribution is 5.93. The summed E-state index contributed by atoms with van der Waals surface area (Å²) in [5.41, 5.74) is 2.73. The van der Waals surface area contributed by atoms with E-state index in [9.17, 15) is 39.9 Å². The highest BCUT2D eigenvalue weighted by atomic mass is 16.5. The van der Waals surface area contributed by atoms with Gasteiger partial charge in [0.25, 0.3) is 0 Å². The molecule has 0 heterocycles. The van der Waals surface area contributed by atoms with Gasteiger partial charge in [-0.3, -0.25) is 9.59 Å². The summed E-state index contributed by atoms with van der Waals surface area (Å²) < 4.78 is 7.45. The Morgan fingerprint density at radius 3 is 1.25 bits per heavy atom. The van der Waals surface area contributed by atoms with Crippen molar-refractivity contribution in [3.63, 3.8) is 0 Å². The number of nitrogens with zero attached hydrogens (tertiary/aromatic N) is 3. The van der Waals surface area contributed by atoms with Gasteiger partial charge < -0.3 is 41.4 Å². The second-order valence-electron chi connectivity index (χ2n) is 13.7. The Bertz CT molecular complexity index is 2010. The van der Waals surface area contributed by atoms with Gasteiger partial charge >= 0.3 is 12.1 Å². The summed E-state index contributed by atoms with van der Waals surface area (Å²) in [5.74, 6) is -2.96. The molecule has 4 rings (SSSR count). The van der Waals surface area contributed by atoms with E-state index < -0.39 is 42.0 Å². The fraction of sp³-hybridized carbons (Fsp3) is 0.295. The van der Waals surface area contributed by atoms with E-state index in [0.29, 0.717) is 36.5 Å². The average molecular weight is 807 g/mol. The molecule has 15 nitrogen and oxygen atoms in total. The summed E-state index contributed by atoms with van der Waals surface area (Å²) in [4.78, 5) is 52.8. The molecule has 15 heteroatoms. The van der Waals surface area contributed by atoms with E-state index in [1.54, 1.807) is 97.1 Å². The van der Waals surface area contributed by atoms with Gasteiger partial charge in [0.05, 0.1) is 0 Å². The van der Waals surface area contributed by atoms with Crippen LogP contribution in [0.5, 0.6) is 0 Å². The van der Waals surface area contributed by atoms with Gasteiger partial charge in [0.15, 0.2) is 38.3 Å². The molecule has 0 saturated carbocycles. The van der Waals surface area contributed by atoms with Crippen molar-refractivity contribution in [2.45, 2.75) is 63.3 Å². The number of carbonyl (C=O) groups is 4. The molecule has 0 spiro atoms. The van der Waals surface area contributed by atoms with Crippen LogP contribution in [-0.4, -0.2) is 99.6 Å². The Hall–Kier alpha value is -7.03. The lowest BCUT2D eigenvalue weighted by Gasteiger charge is -2.24. The Morgan fingerprint density at radius 2 is 0.864 bits per heavy atom. The number of nitrogens with one attached hydrogen (secondary N) is 3. The maximum absolute atomic E-state index is 13.9. The van der Waals surface area contributed by atoms with Crippen LogP contribution in [0.1, 0.15) is 60.8 Å². The third-order valence-corrected chi connectivity index (χ3v) is 8.96. The first kappa shape index (κ1) is 44.7. The Labute approximate surface area is 343 Å². The molecule has 3 amide bonds. The molecular formula is C44H50N6O9. The molecule has 0 saturated heterocycles. The van der Waals surface area contributed by atoms with Crippen LogP contribution >= 0.6 is 0 Å². The van der Waals surface area contributed by atoms with E-state index in [2.05, 4.69) is 16.0 Å². The number of aliphatic carboxylic acids is 1. The highest BCUT2D eigenvalue weighted by Gasteiger charge is 2.30. The zero-order chi connectivity index (χ0) is 42.2. The number of rotatable bonds is 23. The maximum Gasteiger partial charge on any atom is 0.408 e. The molecule has 0 aliphatic heterocycles. The van der Waals surface area contributed by atoms with Crippen LogP contribution in [-0.2, 0) is 25.7 Å². The molecule has 3 atom stereocenters. The number of carbonyl (C=O) groups excluding carboxylic acids is 3. The van der Waals surface area contributed by atoms with E-state index in [1.807, 2.05) is 24.3 Å². The van der Waals surface area contributed by atoms with Crippen molar-refractivity contribution in [3.8, 4) is 0 Å². The topological polar surface area (TPSA) is 212 Å². The molecule has 4 aromatic rings. The Balaban J connectivity index is 1.47. The predicted octanol–water partition coefficient (Wildman–Crippen LogP) is 4.56. The summed E-state index contributed by atoms with van der Waals surface area (Å²) in [6, 6.07) is 31.6. The monoisotopic (exact) mass is 806 g/mol. The normalized spacial score (nSPS) is 13.4. The average Bonchev–Trinajstić information content (AvgIpc) is 3.23. The van der Waals surface area contributed by atoms with Crippen molar-refractivity contribution in [2.75, 3.05) is 19.6 Å². The van der Waals surface area contributed by atoms with Crippen LogP contribution in [0, 0.1) is 15.6 Å². The van der Waals surface area contributed by atoms with E-state index in [1.165, 1.54) is 18.6 Å². The summed E-state index contributed by atoms with van der Waals surface area (Å²) in [6.45, 7) is -0.198. The Kier molecular flexibility index (Phi) is 18.6. The minimum atomic E-state index is -1.40. The van der Waals surface area contributed by atoms with Gasteiger partial charge in [-0.15, -0.1) is 0 Å². The molecule has 310 valence electrons. The summed E-state index contributed by atoms with van der Waals surface area (Å²) in [5, 5.41) is 55.4. The van der Waals surface area contributed by atoms with E-state index >= 15 is 0 Å². The molecule has 0 unspecified atom stereocenters. The van der Waals surface area contributed by atoms with Crippen LogP contribution in [0.15, 0.2) is 121 Å². The largest absolute Gasteiger partial charge is 0.624 e. The number of alkyl carbamates (subject to hydrolysis) is 1. The quantitative estimate of drug-likeness (QED) is 0.0358. The standard InChI is InChI=1S/C44H50N6O9/c51-41(46-40(43(53)54)26-15-29-50(58)32-36-20-9-3-10-21-36)38(24-13-27-48(56)30-34-16-5-1-6-17-34)45-42(52)39(47-44(55)59-33-37-22-11-4-12-23-37)25-14-28-49(57)31-35-18-7-2-8-19-35/h1-12,16-23,30-32,38-40H,13-15,24-29,33H2,(H,45,52)(H,46,51)(H,47,55)(H,53,54)/b48-30-,49-31-,50-32-/t38-,39-,40-/m0/s1. The molecule has 4 aromatic carbocycles. The lowest BCUT2D eigenvalue weighted by Crippen LogP contribution is -2.56. The molecule has 0 aromatic heterocycles. The van der Waals surface area contributed by atoms with E-state index in [0.717, 1.165) is 0 Å². The van der Waals surface area contributed by atoms with Gasteiger partial charge in [-0.1, -0.05) is 84.9 Å². The summed E-state index contributed by atoms with van der Waals surface area (Å²) in [7, 11) is 0. The van der Waals surface area contributed by atoms with Crippen LogP contribution in [0.4, 0.5) is 4.79 Å². The molecule has 0 aliphatic rings. The zero-order valence-corrected chi connectivity index (χ0v) is 32.6. The molecule has 0 fully saturated rings. The smallest absolute Gasteiger partial charge is 0.408 e. The minimum Gasteiger partial charge on any atom is -0.624 e. The number of carboxylic acids is 1.